The minimum Gasteiger partial charge on any atom is -0.355 e. The second-order valence-corrected chi connectivity index (χ2v) is 11.8. The molecule has 0 aromatic heterocycles. The maximum absolute atomic E-state index is 13.9. The predicted molar refractivity (Wildman–Crippen MR) is 153 cm³/mol. The van der Waals surface area contributed by atoms with E-state index in [1.54, 1.807) is 31.2 Å². The number of nitrogens with one attached hydrogen (secondary N) is 1. The van der Waals surface area contributed by atoms with Crippen molar-refractivity contribution >= 4 is 62.3 Å². The minimum absolute atomic E-state index is 0.0591. The average Bonchev–Trinajstić information content (AvgIpc) is 2.87. The molecule has 3 aromatic carbocycles. The summed E-state index contributed by atoms with van der Waals surface area (Å²) in [7, 11) is -3.90. The molecule has 0 aliphatic carbocycles. The van der Waals surface area contributed by atoms with E-state index in [1.807, 2.05) is 30.3 Å². The number of benzene rings is 3. The van der Waals surface area contributed by atoms with E-state index < -0.39 is 28.5 Å². The first-order valence-electron chi connectivity index (χ1n) is 11.8. The van der Waals surface area contributed by atoms with Crippen LogP contribution in [0.5, 0.6) is 0 Å². The molecule has 38 heavy (non-hydrogen) atoms. The molecule has 0 radical (unpaired) electrons. The summed E-state index contributed by atoms with van der Waals surface area (Å²) in [5.74, 6) is -0.914. The van der Waals surface area contributed by atoms with E-state index in [0.29, 0.717) is 11.6 Å². The third-order valence-electron chi connectivity index (χ3n) is 5.76. The lowest BCUT2D eigenvalue weighted by Crippen LogP contribution is -2.53. The Hall–Kier alpha value is -2.78. The van der Waals surface area contributed by atoms with Gasteiger partial charge < -0.3 is 10.2 Å². The molecular formula is C27H28Cl3N3O4S. The van der Waals surface area contributed by atoms with E-state index >= 15 is 0 Å². The first kappa shape index (κ1) is 29.8. The normalized spacial score (nSPS) is 12.0. The molecule has 0 bridgehead atoms. The third-order valence-corrected chi connectivity index (χ3v) is 7.89. The highest BCUT2D eigenvalue weighted by molar-refractivity contribution is 7.92. The number of nitrogens with zero attached hydrogens (tertiary/aromatic N) is 2. The number of hydrogen-bond donors (Lipinski definition) is 1. The summed E-state index contributed by atoms with van der Waals surface area (Å²) in [5.41, 5.74) is 1.76. The van der Waals surface area contributed by atoms with Crippen molar-refractivity contribution < 1.29 is 18.0 Å². The molecule has 7 nitrogen and oxygen atoms in total. The number of rotatable bonds is 11. The Morgan fingerprint density at radius 1 is 0.895 bits per heavy atom. The predicted octanol–water partition coefficient (Wildman–Crippen LogP) is 5.19. The molecule has 3 aromatic rings. The second kappa shape index (κ2) is 13.3. The van der Waals surface area contributed by atoms with Gasteiger partial charge in [-0.2, -0.15) is 0 Å². The van der Waals surface area contributed by atoms with Crippen molar-refractivity contribution in [1.82, 2.24) is 10.2 Å². The zero-order chi connectivity index (χ0) is 27.9. The number of carbonyl (C=O) groups excluding carboxylic acids is 2. The molecule has 0 saturated carbocycles. The molecule has 11 heteroatoms. The van der Waals surface area contributed by atoms with Gasteiger partial charge in [0, 0.05) is 24.5 Å². The summed E-state index contributed by atoms with van der Waals surface area (Å²) in [6.07, 6.45) is 1.23. The first-order valence-corrected chi connectivity index (χ1v) is 14.8. The number of amides is 2. The Morgan fingerprint density at radius 3 is 2.13 bits per heavy atom. The molecule has 1 N–H and O–H groups in total. The molecule has 1 atom stereocenters. The monoisotopic (exact) mass is 595 g/mol. The van der Waals surface area contributed by atoms with Crippen LogP contribution in [0.1, 0.15) is 18.1 Å². The molecule has 0 heterocycles. The van der Waals surface area contributed by atoms with Crippen LogP contribution >= 0.6 is 34.8 Å². The fraction of sp³-hybridized carbons (Fsp3) is 0.259. The standard InChI is InChI=1S/C27H28Cl3N3O4S/c1-3-31-27(35)25(15-19-7-5-4-6-8-19)32(17-20-9-11-21(28)12-10-20)26(34)18-33(38(2,36)37)22-13-14-23(29)24(30)16-22/h4-14,16,25H,3,15,17-18H2,1-2H3,(H,31,35). The summed E-state index contributed by atoms with van der Waals surface area (Å²) in [5, 5.41) is 3.73. The van der Waals surface area contributed by atoms with Gasteiger partial charge in [-0.05, 0) is 48.4 Å². The summed E-state index contributed by atoms with van der Waals surface area (Å²) < 4.78 is 26.5. The van der Waals surface area contributed by atoms with Crippen LogP contribution in [0, 0.1) is 0 Å². The van der Waals surface area contributed by atoms with Crippen molar-refractivity contribution in [2.75, 3.05) is 23.7 Å². The van der Waals surface area contributed by atoms with Gasteiger partial charge in [-0.25, -0.2) is 8.42 Å². The number of likely N-dealkylation sites (N-methyl/N-ethyl adjacent to an activating group) is 1. The SMILES string of the molecule is CCNC(=O)C(Cc1ccccc1)N(Cc1ccc(Cl)cc1)C(=O)CN(c1ccc(Cl)c(Cl)c1)S(C)(=O)=O. The van der Waals surface area contributed by atoms with Crippen LogP contribution in [0.15, 0.2) is 72.8 Å². The lowest BCUT2D eigenvalue weighted by molar-refractivity contribution is -0.140. The summed E-state index contributed by atoms with van der Waals surface area (Å²) in [6.45, 7) is 1.67. The first-order chi connectivity index (χ1) is 18.0. The molecule has 0 aliphatic rings. The largest absolute Gasteiger partial charge is 0.355 e. The minimum atomic E-state index is -3.90. The Bertz CT molecular complexity index is 1370. The van der Waals surface area contributed by atoms with E-state index in [-0.39, 0.29) is 34.6 Å². The maximum Gasteiger partial charge on any atom is 0.244 e. The van der Waals surface area contributed by atoms with Crippen LogP contribution in [0.2, 0.25) is 15.1 Å². The zero-order valence-electron chi connectivity index (χ0n) is 20.9. The Labute approximate surface area is 238 Å². The maximum atomic E-state index is 13.9. The highest BCUT2D eigenvalue weighted by Crippen LogP contribution is 2.29. The molecule has 1 unspecified atom stereocenters. The number of hydrogen-bond acceptors (Lipinski definition) is 4. The van der Waals surface area contributed by atoms with Crippen LogP contribution in [0.3, 0.4) is 0 Å². The van der Waals surface area contributed by atoms with Crippen molar-refractivity contribution in [3.05, 3.63) is 99.0 Å². The molecule has 2 amide bonds. The number of halogens is 3. The number of anilines is 1. The van der Waals surface area contributed by atoms with Crippen LogP contribution in [-0.2, 0) is 32.6 Å². The van der Waals surface area contributed by atoms with Crippen molar-refractivity contribution in [2.24, 2.45) is 0 Å². The lowest BCUT2D eigenvalue weighted by atomic mass is 10.0. The van der Waals surface area contributed by atoms with Crippen molar-refractivity contribution in [3.8, 4) is 0 Å². The van der Waals surface area contributed by atoms with Crippen LogP contribution in [0.25, 0.3) is 0 Å². The summed E-state index contributed by atoms with van der Waals surface area (Å²) in [4.78, 5) is 28.6. The van der Waals surface area contributed by atoms with Gasteiger partial charge in [0.2, 0.25) is 21.8 Å². The van der Waals surface area contributed by atoms with Crippen molar-refractivity contribution in [1.29, 1.82) is 0 Å². The Morgan fingerprint density at radius 2 is 1.55 bits per heavy atom. The summed E-state index contributed by atoms with van der Waals surface area (Å²) >= 11 is 18.2. The third kappa shape index (κ3) is 8.11. The molecular weight excluding hydrogens is 569 g/mol. The smallest absolute Gasteiger partial charge is 0.244 e. The van der Waals surface area contributed by atoms with E-state index in [9.17, 15) is 18.0 Å². The van der Waals surface area contributed by atoms with Crippen LogP contribution in [-0.4, -0.2) is 50.5 Å². The number of carbonyl (C=O) groups is 2. The molecule has 202 valence electrons. The molecule has 0 saturated heterocycles. The fourth-order valence-corrected chi connectivity index (χ4v) is 5.15. The fourth-order valence-electron chi connectivity index (χ4n) is 3.89. The summed E-state index contributed by atoms with van der Waals surface area (Å²) in [6, 6.07) is 19.6. The second-order valence-electron chi connectivity index (χ2n) is 8.62. The van der Waals surface area contributed by atoms with Crippen LogP contribution in [0.4, 0.5) is 5.69 Å². The van der Waals surface area contributed by atoms with E-state index in [2.05, 4.69) is 5.32 Å². The average molecular weight is 597 g/mol. The topological polar surface area (TPSA) is 86.8 Å². The van der Waals surface area contributed by atoms with Gasteiger partial charge in [-0.1, -0.05) is 77.3 Å². The van der Waals surface area contributed by atoms with Gasteiger partial charge >= 0.3 is 0 Å². The van der Waals surface area contributed by atoms with Gasteiger partial charge in [-0.15, -0.1) is 0 Å². The lowest BCUT2D eigenvalue weighted by Gasteiger charge is -2.33. The molecule has 0 fully saturated rings. The highest BCUT2D eigenvalue weighted by atomic mass is 35.5. The Kier molecular flexibility index (Phi) is 10.4. The molecule has 3 rings (SSSR count). The highest BCUT2D eigenvalue weighted by Gasteiger charge is 2.33. The van der Waals surface area contributed by atoms with Crippen LogP contribution < -0.4 is 9.62 Å². The van der Waals surface area contributed by atoms with Gasteiger partial charge in [0.1, 0.15) is 12.6 Å². The van der Waals surface area contributed by atoms with Crippen molar-refractivity contribution in [3.63, 3.8) is 0 Å². The Balaban J connectivity index is 2.04. The molecule has 0 aliphatic heterocycles. The van der Waals surface area contributed by atoms with E-state index in [4.69, 9.17) is 34.8 Å². The van der Waals surface area contributed by atoms with Gasteiger partial charge in [0.25, 0.3) is 0 Å². The van der Waals surface area contributed by atoms with E-state index in [1.165, 1.54) is 23.1 Å². The van der Waals surface area contributed by atoms with Gasteiger partial charge in [-0.3, -0.25) is 13.9 Å². The van der Waals surface area contributed by atoms with Crippen molar-refractivity contribution in [2.45, 2.75) is 25.9 Å². The van der Waals surface area contributed by atoms with Gasteiger partial charge in [0.15, 0.2) is 0 Å². The molecule has 0 spiro atoms. The van der Waals surface area contributed by atoms with Gasteiger partial charge in [0.05, 0.1) is 22.0 Å². The number of sulfonamides is 1. The zero-order valence-corrected chi connectivity index (χ0v) is 24.0. The van der Waals surface area contributed by atoms with E-state index in [0.717, 1.165) is 21.7 Å². The quantitative estimate of drug-likeness (QED) is 0.330.